The molecular formula is C24H27ClFNO3. The molecule has 6 heteroatoms. The average molecular weight is 432 g/mol. The third kappa shape index (κ3) is 4.84. The Labute approximate surface area is 182 Å². The number of carbonyl (C=O) groups excluding carboxylic acids is 2. The van der Waals surface area contributed by atoms with Gasteiger partial charge in [-0.15, -0.1) is 0 Å². The van der Waals surface area contributed by atoms with E-state index in [9.17, 15) is 14.0 Å². The molecule has 1 unspecified atom stereocenters. The van der Waals surface area contributed by atoms with Crippen LogP contribution in [-0.2, 0) is 26.2 Å². The molecule has 1 aliphatic rings. The van der Waals surface area contributed by atoms with Crippen LogP contribution in [0, 0.1) is 5.82 Å². The van der Waals surface area contributed by atoms with Crippen molar-refractivity contribution in [2.24, 2.45) is 0 Å². The van der Waals surface area contributed by atoms with Crippen LogP contribution in [0.2, 0.25) is 5.02 Å². The minimum Gasteiger partial charge on any atom is -0.459 e. The van der Waals surface area contributed by atoms with Crippen molar-refractivity contribution >= 4 is 23.5 Å². The Hall–Kier alpha value is -2.40. The molecule has 2 aromatic rings. The first kappa shape index (κ1) is 22.3. The quantitative estimate of drug-likeness (QED) is 0.632. The van der Waals surface area contributed by atoms with Gasteiger partial charge in [-0.1, -0.05) is 29.8 Å². The van der Waals surface area contributed by atoms with E-state index >= 15 is 0 Å². The maximum absolute atomic E-state index is 13.8. The summed E-state index contributed by atoms with van der Waals surface area (Å²) in [5.41, 5.74) is 1.61. The molecule has 1 aliphatic carbocycles. The summed E-state index contributed by atoms with van der Waals surface area (Å²) in [5, 5.41) is 0.611. The molecule has 0 aliphatic heterocycles. The molecule has 0 spiro atoms. The highest BCUT2D eigenvalue weighted by molar-refractivity contribution is 6.30. The largest absolute Gasteiger partial charge is 0.459 e. The standard InChI is InChI=1S/C24H27ClFNO3/c1-23(2,3)30-22(29)15-27(4)21(28)14-24(17-5-7-18(25)8-6-17)12-11-16-13-19(26)9-10-20(16)24/h5-10,13H,11-12,14-15H2,1-4H3. The second-order valence-electron chi connectivity index (χ2n) is 8.90. The molecule has 0 N–H and O–H groups in total. The summed E-state index contributed by atoms with van der Waals surface area (Å²) in [5.74, 6) is -0.908. The van der Waals surface area contributed by atoms with E-state index in [2.05, 4.69) is 0 Å². The summed E-state index contributed by atoms with van der Waals surface area (Å²) in [4.78, 5) is 26.7. The van der Waals surface area contributed by atoms with Crippen LogP contribution in [0.4, 0.5) is 4.39 Å². The van der Waals surface area contributed by atoms with Gasteiger partial charge in [-0.2, -0.15) is 0 Å². The van der Waals surface area contributed by atoms with Gasteiger partial charge in [-0.25, -0.2) is 4.39 Å². The van der Waals surface area contributed by atoms with Crippen LogP contribution >= 0.6 is 11.6 Å². The first-order valence-electron chi connectivity index (χ1n) is 10.0. The van der Waals surface area contributed by atoms with E-state index in [1.807, 2.05) is 12.1 Å². The van der Waals surface area contributed by atoms with Gasteiger partial charge < -0.3 is 9.64 Å². The molecule has 0 heterocycles. The van der Waals surface area contributed by atoms with Gasteiger partial charge in [0.1, 0.15) is 18.0 Å². The van der Waals surface area contributed by atoms with Gasteiger partial charge in [-0.05, 0) is 74.6 Å². The number of likely N-dealkylation sites (N-methyl/N-ethyl adjacent to an activating group) is 1. The number of nitrogens with zero attached hydrogens (tertiary/aromatic N) is 1. The molecule has 0 aromatic heterocycles. The highest BCUT2D eigenvalue weighted by atomic mass is 35.5. The number of aryl methyl sites for hydroxylation is 1. The van der Waals surface area contributed by atoms with Gasteiger partial charge >= 0.3 is 5.97 Å². The summed E-state index contributed by atoms with van der Waals surface area (Å²) < 4.78 is 19.1. The minimum absolute atomic E-state index is 0.122. The van der Waals surface area contributed by atoms with Gasteiger partial charge in [0.05, 0.1) is 0 Å². The SMILES string of the molecule is CN(CC(=O)OC(C)(C)C)C(=O)CC1(c2ccc(Cl)cc2)CCc2cc(F)ccc21. The summed E-state index contributed by atoms with van der Waals surface area (Å²) in [6, 6.07) is 12.2. The number of amides is 1. The zero-order valence-electron chi connectivity index (χ0n) is 17.8. The van der Waals surface area contributed by atoms with Crippen LogP contribution in [0.25, 0.3) is 0 Å². The van der Waals surface area contributed by atoms with Gasteiger partial charge in [-0.3, -0.25) is 9.59 Å². The third-order valence-corrected chi connectivity index (χ3v) is 5.72. The summed E-state index contributed by atoms with van der Waals surface area (Å²) in [6.45, 7) is 5.24. The Kier molecular flexibility index (Phi) is 6.23. The third-order valence-electron chi connectivity index (χ3n) is 5.47. The second-order valence-corrected chi connectivity index (χ2v) is 9.34. The minimum atomic E-state index is -0.611. The van der Waals surface area contributed by atoms with E-state index in [1.165, 1.54) is 11.0 Å². The lowest BCUT2D eigenvalue weighted by atomic mass is 9.72. The zero-order chi connectivity index (χ0) is 22.1. The van der Waals surface area contributed by atoms with Crippen LogP contribution in [0.5, 0.6) is 0 Å². The monoisotopic (exact) mass is 431 g/mol. The van der Waals surface area contributed by atoms with E-state index in [0.29, 0.717) is 17.9 Å². The zero-order valence-corrected chi connectivity index (χ0v) is 18.6. The highest BCUT2D eigenvalue weighted by Crippen LogP contribution is 2.47. The normalized spacial score (nSPS) is 18.1. The number of halogens is 2. The lowest BCUT2D eigenvalue weighted by Crippen LogP contribution is -2.40. The maximum Gasteiger partial charge on any atom is 0.326 e. The van der Waals surface area contributed by atoms with Gasteiger partial charge in [0.2, 0.25) is 5.91 Å². The van der Waals surface area contributed by atoms with Crippen molar-refractivity contribution < 1.29 is 18.7 Å². The van der Waals surface area contributed by atoms with Crippen molar-refractivity contribution in [1.82, 2.24) is 4.90 Å². The average Bonchev–Trinajstić information content (AvgIpc) is 2.99. The summed E-state index contributed by atoms with van der Waals surface area (Å²) in [6.07, 6.45) is 1.53. The van der Waals surface area contributed by atoms with Crippen LogP contribution in [0.3, 0.4) is 0 Å². The number of benzene rings is 2. The van der Waals surface area contributed by atoms with E-state index in [1.54, 1.807) is 52.1 Å². The van der Waals surface area contributed by atoms with Crippen molar-refractivity contribution in [2.45, 2.75) is 51.0 Å². The van der Waals surface area contributed by atoms with Crippen molar-refractivity contribution in [2.75, 3.05) is 13.6 Å². The van der Waals surface area contributed by atoms with Crippen LogP contribution in [0.1, 0.15) is 50.3 Å². The fourth-order valence-corrected chi connectivity index (χ4v) is 4.25. The molecule has 160 valence electrons. The molecule has 1 atom stereocenters. The predicted molar refractivity (Wildman–Crippen MR) is 115 cm³/mol. The van der Waals surface area contributed by atoms with Crippen LogP contribution < -0.4 is 0 Å². The van der Waals surface area contributed by atoms with Crippen LogP contribution in [0.15, 0.2) is 42.5 Å². The molecule has 2 aromatic carbocycles. The van der Waals surface area contributed by atoms with Gasteiger partial charge in [0.25, 0.3) is 0 Å². The lowest BCUT2D eigenvalue weighted by Gasteiger charge is -2.33. The lowest BCUT2D eigenvalue weighted by molar-refractivity contribution is -0.158. The van der Waals surface area contributed by atoms with Crippen molar-refractivity contribution in [3.8, 4) is 0 Å². The topological polar surface area (TPSA) is 46.6 Å². The molecule has 3 rings (SSSR count). The van der Waals surface area contributed by atoms with Crippen molar-refractivity contribution in [3.63, 3.8) is 0 Å². The van der Waals surface area contributed by atoms with Crippen LogP contribution in [-0.4, -0.2) is 36.0 Å². The molecule has 0 bridgehead atoms. The predicted octanol–water partition coefficient (Wildman–Crippen LogP) is 4.90. The first-order valence-corrected chi connectivity index (χ1v) is 10.4. The van der Waals surface area contributed by atoms with Crippen molar-refractivity contribution in [3.05, 3.63) is 70.0 Å². The number of fused-ring (bicyclic) bond motifs is 1. The van der Waals surface area contributed by atoms with Crippen molar-refractivity contribution in [1.29, 1.82) is 0 Å². The van der Waals surface area contributed by atoms with E-state index in [-0.39, 0.29) is 24.7 Å². The molecule has 0 saturated heterocycles. The number of esters is 1. The number of rotatable bonds is 5. The second kappa shape index (κ2) is 8.38. The van der Waals surface area contributed by atoms with Gasteiger partial charge in [0, 0.05) is 23.9 Å². The van der Waals surface area contributed by atoms with E-state index in [4.69, 9.17) is 16.3 Å². The maximum atomic E-state index is 13.8. The Morgan fingerprint density at radius 2 is 1.83 bits per heavy atom. The molecular weight excluding hydrogens is 405 g/mol. The number of carbonyl (C=O) groups is 2. The molecule has 0 radical (unpaired) electrons. The Morgan fingerprint density at radius 3 is 2.47 bits per heavy atom. The molecule has 30 heavy (non-hydrogen) atoms. The van der Waals surface area contributed by atoms with E-state index < -0.39 is 17.0 Å². The Bertz CT molecular complexity index is 952. The smallest absolute Gasteiger partial charge is 0.326 e. The number of hydrogen-bond acceptors (Lipinski definition) is 3. The molecule has 0 saturated carbocycles. The molecule has 4 nitrogen and oxygen atoms in total. The number of ether oxygens (including phenoxy) is 1. The fourth-order valence-electron chi connectivity index (χ4n) is 4.12. The van der Waals surface area contributed by atoms with E-state index in [0.717, 1.165) is 16.7 Å². The highest BCUT2D eigenvalue weighted by Gasteiger charge is 2.42. The first-order chi connectivity index (χ1) is 14.0. The Morgan fingerprint density at radius 1 is 1.17 bits per heavy atom. The Balaban J connectivity index is 1.89. The fraction of sp³-hybridized carbons (Fsp3) is 0.417. The van der Waals surface area contributed by atoms with Gasteiger partial charge in [0.15, 0.2) is 0 Å². The molecule has 1 amide bonds. The number of hydrogen-bond donors (Lipinski definition) is 0. The molecule has 0 fully saturated rings. The summed E-state index contributed by atoms with van der Waals surface area (Å²) in [7, 11) is 1.60. The summed E-state index contributed by atoms with van der Waals surface area (Å²) >= 11 is 6.07.